The lowest BCUT2D eigenvalue weighted by Crippen LogP contribution is -2.18. The number of hydrogen-bond donors (Lipinski definition) is 1. The second-order valence-electron chi connectivity index (χ2n) is 4.54. The highest BCUT2D eigenvalue weighted by atomic mass is 32.1. The van der Waals surface area contributed by atoms with Crippen LogP contribution in [-0.2, 0) is 0 Å². The van der Waals surface area contributed by atoms with E-state index >= 15 is 0 Å². The molecule has 0 aliphatic carbocycles. The normalized spacial score (nSPS) is 11.0. The van der Waals surface area contributed by atoms with E-state index in [-0.39, 0.29) is 5.91 Å². The third kappa shape index (κ3) is 2.96. The summed E-state index contributed by atoms with van der Waals surface area (Å²) in [5.74, 6) is 0.119. The topological polar surface area (TPSA) is 67.5 Å². The standard InChI is InChI=1S/C16H13N3O2S/c1-11-14(15(19-21-11)12-6-3-2-4-7-12)16(20)18-17-10-13-8-5-9-22-13/h2-10H,1H3,(H,18,20)/b17-10-. The zero-order valence-corrected chi connectivity index (χ0v) is 12.6. The Hall–Kier alpha value is -2.73. The molecular formula is C16H13N3O2S. The van der Waals surface area contributed by atoms with Gasteiger partial charge < -0.3 is 4.52 Å². The molecule has 2 heterocycles. The first-order valence-electron chi connectivity index (χ1n) is 6.64. The molecule has 3 rings (SSSR count). The third-order valence-electron chi connectivity index (χ3n) is 3.04. The molecule has 1 amide bonds. The number of rotatable bonds is 4. The Morgan fingerprint density at radius 2 is 2.09 bits per heavy atom. The Balaban J connectivity index is 1.82. The van der Waals surface area contributed by atoms with Gasteiger partial charge in [0.15, 0.2) is 0 Å². The van der Waals surface area contributed by atoms with Crippen LogP contribution in [0.25, 0.3) is 11.3 Å². The summed E-state index contributed by atoms with van der Waals surface area (Å²) in [7, 11) is 0. The molecule has 110 valence electrons. The SMILES string of the molecule is Cc1onc(-c2ccccc2)c1C(=O)N/N=C\c1cccs1. The van der Waals surface area contributed by atoms with Crippen LogP contribution in [0.5, 0.6) is 0 Å². The average Bonchev–Trinajstić information content (AvgIpc) is 3.17. The highest BCUT2D eigenvalue weighted by Gasteiger charge is 2.21. The first-order valence-corrected chi connectivity index (χ1v) is 7.52. The van der Waals surface area contributed by atoms with Gasteiger partial charge >= 0.3 is 0 Å². The maximum Gasteiger partial charge on any atom is 0.277 e. The number of aryl methyl sites for hydroxylation is 1. The highest BCUT2D eigenvalue weighted by molar-refractivity contribution is 7.11. The number of nitrogens with one attached hydrogen (secondary N) is 1. The van der Waals surface area contributed by atoms with Crippen LogP contribution in [0.4, 0.5) is 0 Å². The number of hydrazone groups is 1. The fourth-order valence-electron chi connectivity index (χ4n) is 2.01. The van der Waals surface area contributed by atoms with E-state index in [2.05, 4.69) is 15.7 Å². The summed E-state index contributed by atoms with van der Waals surface area (Å²) in [6.07, 6.45) is 1.60. The van der Waals surface area contributed by atoms with Gasteiger partial charge in [-0.05, 0) is 18.4 Å². The van der Waals surface area contributed by atoms with Gasteiger partial charge in [0.25, 0.3) is 5.91 Å². The lowest BCUT2D eigenvalue weighted by Gasteiger charge is -2.01. The number of thiophene rings is 1. The fourth-order valence-corrected chi connectivity index (χ4v) is 2.59. The molecule has 22 heavy (non-hydrogen) atoms. The first kappa shape index (κ1) is 14.2. The van der Waals surface area contributed by atoms with Crippen molar-refractivity contribution < 1.29 is 9.32 Å². The quantitative estimate of drug-likeness (QED) is 0.592. The van der Waals surface area contributed by atoms with Crippen LogP contribution in [0, 0.1) is 6.92 Å². The van der Waals surface area contributed by atoms with E-state index in [9.17, 15) is 4.79 Å². The van der Waals surface area contributed by atoms with Crippen molar-refractivity contribution in [1.82, 2.24) is 10.6 Å². The molecule has 0 aliphatic heterocycles. The van der Waals surface area contributed by atoms with Crippen molar-refractivity contribution in [2.24, 2.45) is 5.10 Å². The number of carbonyl (C=O) groups excluding carboxylic acids is 1. The molecule has 6 heteroatoms. The largest absolute Gasteiger partial charge is 0.360 e. The summed E-state index contributed by atoms with van der Waals surface area (Å²) in [6.45, 7) is 1.71. The molecule has 0 aliphatic rings. The summed E-state index contributed by atoms with van der Waals surface area (Å²) in [4.78, 5) is 13.3. The van der Waals surface area contributed by atoms with E-state index in [0.29, 0.717) is 17.0 Å². The highest BCUT2D eigenvalue weighted by Crippen LogP contribution is 2.24. The van der Waals surface area contributed by atoms with Gasteiger partial charge in [0.05, 0.1) is 6.21 Å². The smallest absolute Gasteiger partial charge is 0.277 e. The van der Waals surface area contributed by atoms with E-state index in [1.54, 1.807) is 24.5 Å². The van der Waals surface area contributed by atoms with Gasteiger partial charge in [0.2, 0.25) is 0 Å². The number of hydrogen-bond acceptors (Lipinski definition) is 5. The van der Waals surface area contributed by atoms with Crippen LogP contribution < -0.4 is 5.43 Å². The van der Waals surface area contributed by atoms with Gasteiger partial charge in [-0.2, -0.15) is 5.10 Å². The zero-order valence-electron chi connectivity index (χ0n) is 11.8. The monoisotopic (exact) mass is 311 g/mol. The fraction of sp³-hybridized carbons (Fsp3) is 0.0625. The average molecular weight is 311 g/mol. The van der Waals surface area contributed by atoms with Crippen molar-refractivity contribution in [2.45, 2.75) is 6.92 Å². The molecule has 1 N–H and O–H groups in total. The molecule has 0 radical (unpaired) electrons. The predicted molar refractivity (Wildman–Crippen MR) is 86.1 cm³/mol. The van der Waals surface area contributed by atoms with Gasteiger partial charge in [-0.15, -0.1) is 11.3 Å². The van der Waals surface area contributed by atoms with Crippen LogP contribution in [0.15, 0.2) is 57.5 Å². The van der Waals surface area contributed by atoms with Gasteiger partial charge in [-0.1, -0.05) is 41.6 Å². The maximum atomic E-state index is 12.3. The van der Waals surface area contributed by atoms with Crippen LogP contribution >= 0.6 is 11.3 Å². The van der Waals surface area contributed by atoms with Crippen LogP contribution in [0.2, 0.25) is 0 Å². The Labute approximate surface area is 131 Å². The summed E-state index contributed by atoms with van der Waals surface area (Å²) in [5, 5.41) is 9.89. The van der Waals surface area contributed by atoms with E-state index in [1.807, 2.05) is 47.8 Å². The molecule has 0 unspecified atom stereocenters. The summed E-state index contributed by atoms with van der Waals surface area (Å²) >= 11 is 1.54. The van der Waals surface area contributed by atoms with Gasteiger partial charge in [-0.25, -0.2) is 5.43 Å². The van der Waals surface area contributed by atoms with Crippen LogP contribution in [0.3, 0.4) is 0 Å². The number of aromatic nitrogens is 1. The number of nitrogens with zero attached hydrogens (tertiary/aromatic N) is 2. The molecule has 0 saturated carbocycles. The van der Waals surface area contributed by atoms with Gasteiger partial charge in [0, 0.05) is 10.4 Å². The van der Waals surface area contributed by atoms with E-state index in [0.717, 1.165) is 10.4 Å². The van der Waals surface area contributed by atoms with Crippen molar-refractivity contribution >= 4 is 23.5 Å². The Kier molecular flexibility index (Phi) is 4.11. The summed E-state index contributed by atoms with van der Waals surface area (Å²) < 4.78 is 5.16. The zero-order chi connectivity index (χ0) is 15.4. The van der Waals surface area contributed by atoms with E-state index < -0.39 is 0 Å². The van der Waals surface area contributed by atoms with Crippen LogP contribution in [-0.4, -0.2) is 17.3 Å². The minimum absolute atomic E-state index is 0.342. The lowest BCUT2D eigenvalue weighted by molar-refractivity contribution is 0.0954. The molecule has 0 atom stereocenters. The minimum Gasteiger partial charge on any atom is -0.360 e. The van der Waals surface area contributed by atoms with E-state index in [1.165, 1.54) is 0 Å². The molecule has 5 nitrogen and oxygen atoms in total. The second kappa shape index (κ2) is 6.36. The maximum absolute atomic E-state index is 12.3. The molecule has 1 aromatic carbocycles. The molecule has 0 fully saturated rings. The van der Waals surface area contributed by atoms with Crippen LogP contribution in [0.1, 0.15) is 21.0 Å². The Morgan fingerprint density at radius 3 is 2.82 bits per heavy atom. The van der Waals surface area contributed by atoms with Crippen molar-refractivity contribution in [3.63, 3.8) is 0 Å². The summed E-state index contributed by atoms with van der Waals surface area (Å²) in [6, 6.07) is 13.3. The molecule has 3 aromatic rings. The third-order valence-corrected chi connectivity index (χ3v) is 3.84. The Bertz CT molecular complexity index is 792. The summed E-state index contributed by atoms with van der Waals surface area (Å²) in [5.41, 5.74) is 4.25. The van der Waals surface area contributed by atoms with Crippen molar-refractivity contribution in [3.8, 4) is 11.3 Å². The van der Waals surface area contributed by atoms with Gasteiger partial charge in [-0.3, -0.25) is 4.79 Å². The van der Waals surface area contributed by atoms with Crippen molar-refractivity contribution in [3.05, 3.63) is 64.0 Å². The number of carbonyl (C=O) groups is 1. The van der Waals surface area contributed by atoms with Gasteiger partial charge in [0.1, 0.15) is 17.0 Å². The first-order chi connectivity index (χ1) is 10.8. The minimum atomic E-state index is -0.342. The Morgan fingerprint density at radius 1 is 1.27 bits per heavy atom. The second-order valence-corrected chi connectivity index (χ2v) is 5.52. The molecule has 0 saturated heterocycles. The van der Waals surface area contributed by atoms with Crippen molar-refractivity contribution in [1.29, 1.82) is 0 Å². The van der Waals surface area contributed by atoms with E-state index in [4.69, 9.17) is 4.52 Å². The number of amides is 1. The van der Waals surface area contributed by atoms with Crippen molar-refractivity contribution in [2.75, 3.05) is 0 Å². The molecule has 0 spiro atoms. The molecule has 2 aromatic heterocycles. The lowest BCUT2D eigenvalue weighted by atomic mass is 10.1. The molecule has 0 bridgehead atoms. The number of benzene rings is 1. The predicted octanol–water partition coefficient (Wildman–Crippen LogP) is 3.48. The molecular weight excluding hydrogens is 298 g/mol.